The van der Waals surface area contributed by atoms with Gasteiger partial charge in [0, 0.05) is 12.2 Å². The van der Waals surface area contributed by atoms with E-state index in [1.54, 1.807) is 25.1 Å². The molecule has 0 saturated carbocycles. The smallest absolute Gasteiger partial charge is 0.338 e. The summed E-state index contributed by atoms with van der Waals surface area (Å²) < 4.78 is 38.0. The van der Waals surface area contributed by atoms with E-state index in [-0.39, 0.29) is 41.8 Å². The molecular weight excluding hydrogens is 450 g/mol. The van der Waals surface area contributed by atoms with Gasteiger partial charge in [-0.15, -0.1) is 0 Å². The summed E-state index contributed by atoms with van der Waals surface area (Å²) in [6, 6.07) is 9.56. The van der Waals surface area contributed by atoms with Crippen LogP contribution in [-0.2, 0) is 24.3 Å². The minimum absolute atomic E-state index is 0.0453. The molecule has 2 heterocycles. The Morgan fingerprint density at radius 2 is 2.06 bits per heavy atom. The average molecular weight is 474 g/mol. The first-order chi connectivity index (χ1) is 15.8. The maximum Gasteiger partial charge on any atom is 0.338 e. The van der Waals surface area contributed by atoms with Crippen LogP contribution in [0.4, 0.5) is 11.4 Å². The number of carbonyl (C=O) groups is 3. The molecule has 2 aliphatic heterocycles. The van der Waals surface area contributed by atoms with Gasteiger partial charge in [-0.1, -0.05) is 6.07 Å². The average Bonchev–Trinajstić information content (AvgIpc) is 3.30. The fourth-order valence-electron chi connectivity index (χ4n) is 3.81. The van der Waals surface area contributed by atoms with Crippen LogP contribution in [0, 0.1) is 0 Å². The molecule has 33 heavy (non-hydrogen) atoms. The fraction of sp³-hybridized carbons (Fsp3) is 0.318. The maximum absolute atomic E-state index is 13.3. The van der Waals surface area contributed by atoms with Gasteiger partial charge in [-0.05, 0) is 56.2 Å². The van der Waals surface area contributed by atoms with E-state index < -0.39 is 27.9 Å². The molecule has 2 aliphatic rings. The Labute approximate surface area is 190 Å². The predicted octanol–water partition coefficient (Wildman–Crippen LogP) is 1.99. The van der Waals surface area contributed by atoms with Crippen molar-refractivity contribution in [1.82, 2.24) is 4.31 Å². The standard InChI is InChI=1S/C22H23N3O7S/c1-2-31-22(28)14-5-3-6-15(11-14)23-21(27)18-7-4-10-25(18)33(29,30)16-8-9-19-17(12-16)24-20(26)13-32-19/h3,5-6,8-9,11-12,18H,2,4,7,10,13H2,1H3,(H,23,27)(H,24,26). The summed E-state index contributed by atoms with van der Waals surface area (Å²) in [5.74, 6) is -1.000. The van der Waals surface area contributed by atoms with E-state index in [1.807, 2.05) is 0 Å². The van der Waals surface area contributed by atoms with Crippen molar-refractivity contribution in [3.05, 3.63) is 48.0 Å². The SMILES string of the molecule is CCOC(=O)c1cccc(NC(=O)C2CCCN2S(=O)(=O)c2ccc3c(c2)NC(=O)CO3)c1. The van der Waals surface area contributed by atoms with Crippen molar-refractivity contribution in [2.45, 2.75) is 30.7 Å². The summed E-state index contributed by atoms with van der Waals surface area (Å²) >= 11 is 0. The van der Waals surface area contributed by atoms with E-state index in [2.05, 4.69) is 10.6 Å². The molecule has 0 radical (unpaired) electrons. The highest BCUT2D eigenvalue weighted by atomic mass is 32.2. The van der Waals surface area contributed by atoms with Crippen molar-refractivity contribution in [2.24, 2.45) is 0 Å². The van der Waals surface area contributed by atoms with Crippen molar-refractivity contribution in [2.75, 3.05) is 30.4 Å². The first-order valence-corrected chi connectivity index (χ1v) is 11.9. The third-order valence-corrected chi connectivity index (χ3v) is 7.24. The summed E-state index contributed by atoms with van der Waals surface area (Å²) in [6.07, 6.45) is 0.873. The van der Waals surface area contributed by atoms with Gasteiger partial charge in [0.15, 0.2) is 6.61 Å². The second kappa shape index (κ2) is 9.20. The molecule has 4 rings (SSSR count). The van der Waals surface area contributed by atoms with Crippen LogP contribution in [0.1, 0.15) is 30.1 Å². The van der Waals surface area contributed by atoms with Crippen LogP contribution >= 0.6 is 0 Å². The van der Waals surface area contributed by atoms with Gasteiger partial charge in [-0.3, -0.25) is 9.59 Å². The topological polar surface area (TPSA) is 131 Å². The zero-order valence-corrected chi connectivity index (χ0v) is 18.7. The zero-order chi connectivity index (χ0) is 23.6. The number of ether oxygens (including phenoxy) is 2. The second-order valence-electron chi connectivity index (χ2n) is 7.56. The van der Waals surface area contributed by atoms with Gasteiger partial charge < -0.3 is 20.1 Å². The molecule has 1 saturated heterocycles. The predicted molar refractivity (Wildman–Crippen MR) is 119 cm³/mol. The first-order valence-electron chi connectivity index (χ1n) is 10.5. The molecule has 2 amide bonds. The molecule has 2 aromatic carbocycles. The van der Waals surface area contributed by atoms with E-state index in [4.69, 9.17) is 9.47 Å². The van der Waals surface area contributed by atoms with Crippen LogP contribution in [0.25, 0.3) is 0 Å². The number of esters is 1. The highest BCUT2D eigenvalue weighted by Gasteiger charge is 2.40. The number of benzene rings is 2. The lowest BCUT2D eigenvalue weighted by molar-refractivity contribution is -0.119. The number of rotatable bonds is 6. The normalized spacial score (nSPS) is 18.1. The maximum atomic E-state index is 13.3. The van der Waals surface area contributed by atoms with Gasteiger partial charge in [0.05, 0.1) is 22.8 Å². The molecule has 174 valence electrons. The Hall–Kier alpha value is -3.44. The molecule has 1 fully saturated rings. The monoisotopic (exact) mass is 473 g/mol. The Balaban J connectivity index is 1.53. The number of nitrogens with zero attached hydrogens (tertiary/aromatic N) is 1. The molecule has 0 spiro atoms. The molecule has 0 aliphatic carbocycles. The molecule has 2 aromatic rings. The number of hydrogen-bond donors (Lipinski definition) is 2. The van der Waals surface area contributed by atoms with Crippen LogP contribution in [0.3, 0.4) is 0 Å². The number of carbonyl (C=O) groups excluding carboxylic acids is 3. The Kier molecular flexibility index (Phi) is 6.34. The van der Waals surface area contributed by atoms with Crippen LogP contribution in [0.2, 0.25) is 0 Å². The summed E-state index contributed by atoms with van der Waals surface area (Å²) in [4.78, 5) is 36.5. The Bertz CT molecular complexity index is 1210. The van der Waals surface area contributed by atoms with Crippen LogP contribution in [0.15, 0.2) is 47.4 Å². The van der Waals surface area contributed by atoms with Gasteiger partial charge in [-0.2, -0.15) is 4.31 Å². The lowest BCUT2D eigenvalue weighted by Crippen LogP contribution is -2.43. The third kappa shape index (κ3) is 4.69. The highest BCUT2D eigenvalue weighted by molar-refractivity contribution is 7.89. The van der Waals surface area contributed by atoms with E-state index in [0.29, 0.717) is 24.3 Å². The van der Waals surface area contributed by atoms with Crippen molar-refractivity contribution >= 4 is 39.2 Å². The van der Waals surface area contributed by atoms with Gasteiger partial charge in [-0.25, -0.2) is 13.2 Å². The number of anilines is 2. The van der Waals surface area contributed by atoms with E-state index in [1.165, 1.54) is 24.3 Å². The number of nitrogens with one attached hydrogen (secondary N) is 2. The lowest BCUT2D eigenvalue weighted by atomic mass is 10.2. The minimum Gasteiger partial charge on any atom is -0.482 e. The molecule has 11 heteroatoms. The molecule has 1 atom stereocenters. The van der Waals surface area contributed by atoms with Crippen molar-refractivity contribution in [3.8, 4) is 5.75 Å². The van der Waals surface area contributed by atoms with Crippen molar-refractivity contribution in [3.63, 3.8) is 0 Å². The molecule has 1 unspecified atom stereocenters. The van der Waals surface area contributed by atoms with Crippen molar-refractivity contribution < 1.29 is 32.3 Å². The van der Waals surface area contributed by atoms with Gasteiger partial charge in [0.2, 0.25) is 15.9 Å². The van der Waals surface area contributed by atoms with Crippen LogP contribution < -0.4 is 15.4 Å². The number of amides is 2. The van der Waals surface area contributed by atoms with E-state index >= 15 is 0 Å². The lowest BCUT2D eigenvalue weighted by Gasteiger charge is -2.24. The van der Waals surface area contributed by atoms with E-state index in [0.717, 1.165) is 4.31 Å². The van der Waals surface area contributed by atoms with Crippen LogP contribution in [0.5, 0.6) is 5.75 Å². The zero-order valence-electron chi connectivity index (χ0n) is 17.9. The largest absolute Gasteiger partial charge is 0.482 e. The quantitative estimate of drug-likeness (QED) is 0.614. The molecule has 2 N–H and O–H groups in total. The third-order valence-electron chi connectivity index (χ3n) is 5.34. The number of hydrogen-bond acceptors (Lipinski definition) is 7. The molecule has 0 aromatic heterocycles. The number of sulfonamides is 1. The second-order valence-corrected chi connectivity index (χ2v) is 9.45. The molecular formula is C22H23N3O7S. The van der Waals surface area contributed by atoms with Gasteiger partial charge in [0.25, 0.3) is 5.91 Å². The van der Waals surface area contributed by atoms with Crippen LogP contribution in [-0.4, -0.2) is 56.3 Å². The summed E-state index contributed by atoms with van der Waals surface area (Å²) in [5, 5.41) is 5.29. The van der Waals surface area contributed by atoms with Gasteiger partial charge >= 0.3 is 5.97 Å². The minimum atomic E-state index is -4.01. The highest BCUT2D eigenvalue weighted by Crippen LogP contribution is 2.33. The summed E-state index contributed by atoms with van der Waals surface area (Å²) in [7, 11) is -4.01. The summed E-state index contributed by atoms with van der Waals surface area (Å²) in [5.41, 5.74) is 0.913. The number of fused-ring (bicyclic) bond motifs is 1. The fourth-order valence-corrected chi connectivity index (χ4v) is 5.50. The van der Waals surface area contributed by atoms with E-state index in [9.17, 15) is 22.8 Å². The summed E-state index contributed by atoms with van der Waals surface area (Å²) in [6.45, 7) is 1.97. The Morgan fingerprint density at radius 3 is 2.85 bits per heavy atom. The first kappa shape index (κ1) is 22.7. The molecule has 0 bridgehead atoms. The van der Waals surface area contributed by atoms with Crippen molar-refractivity contribution in [1.29, 1.82) is 0 Å². The van der Waals surface area contributed by atoms with Gasteiger partial charge in [0.1, 0.15) is 11.8 Å². The molecule has 10 nitrogen and oxygen atoms in total. The Morgan fingerprint density at radius 1 is 1.24 bits per heavy atom.